The largest absolute Gasteiger partial charge is 0.273 e. The standard InChI is InChI=1S/C11H15ClN4O2S/c1-4-15-6-10(5-13-15)7-16-9(3)11(8(2)14-16)19(12,17)18/h5-6H,4,7H2,1-3H3. The van der Waals surface area contributed by atoms with Crippen molar-refractivity contribution in [1.82, 2.24) is 19.6 Å². The van der Waals surface area contributed by atoms with Gasteiger partial charge in [0, 0.05) is 29.0 Å². The fraction of sp³-hybridized carbons (Fsp3) is 0.455. The Kier molecular flexibility index (Phi) is 3.69. The fourth-order valence-electron chi connectivity index (χ4n) is 2.02. The Labute approximate surface area is 116 Å². The molecule has 2 rings (SSSR count). The molecular formula is C11H15ClN4O2S. The molecule has 2 aromatic heterocycles. The van der Waals surface area contributed by atoms with Crippen molar-refractivity contribution in [3.63, 3.8) is 0 Å². The van der Waals surface area contributed by atoms with E-state index in [4.69, 9.17) is 10.7 Å². The third-order valence-corrected chi connectivity index (χ3v) is 4.44. The average molecular weight is 303 g/mol. The molecule has 0 aromatic carbocycles. The molecule has 0 aliphatic rings. The second-order valence-corrected chi connectivity index (χ2v) is 6.80. The van der Waals surface area contributed by atoms with Crippen molar-refractivity contribution in [1.29, 1.82) is 0 Å². The zero-order valence-electron chi connectivity index (χ0n) is 11.0. The van der Waals surface area contributed by atoms with Gasteiger partial charge in [-0.2, -0.15) is 10.2 Å². The minimum atomic E-state index is -3.77. The minimum absolute atomic E-state index is 0.0945. The highest BCUT2D eigenvalue weighted by atomic mass is 35.7. The van der Waals surface area contributed by atoms with Crippen LogP contribution in [0.15, 0.2) is 17.3 Å². The second-order valence-electron chi connectivity index (χ2n) is 4.30. The first kappa shape index (κ1) is 14.1. The first-order chi connectivity index (χ1) is 8.82. The van der Waals surface area contributed by atoms with Gasteiger partial charge in [-0.3, -0.25) is 9.36 Å². The number of hydrogen-bond donors (Lipinski definition) is 0. The van der Waals surface area contributed by atoms with Crippen LogP contribution in [-0.4, -0.2) is 28.0 Å². The molecule has 8 heteroatoms. The number of nitrogens with zero attached hydrogens (tertiary/aromatic N) is 4. The summed E-state index contributed by atoms with van der Waals surface area (Å²) in [5.74, 6) is 0. The van der Waals surface area contributed by atoms with Gasteiger partial charge in [0.1, 0.15) is 4.90 Å². The van der Waals surface area contributed by atoms with Crippen molar-refractivity contribution in [2.45, 2.75) is 38.8 Å². The molecule has 0 aliphatic carbocycles. The van der Waals surface area contributed by atoms with Gasteiger partial charge < -0.3 is 0 Å². The van der Waals surface area contributed by atoms with Gasteiger partial charge in [0.25, 0.3) is 9.05 Å². The third-order valence-electron chi connectivity index (χ3n) is 2.90. The molecule has 104 valence electrons. The quantitative estimate of drug-likeness (QED) is 0.806. The number of aryl methyl sites for hydroxylation is 2. The number of rotatable bonds is 4. The van der Waals surface area contributed by atoms with Gasteiger partial charge in [0.15, 0.2) is 0 Å². The molecule has 6 nitrogen and oxygen atoms in total. The van der Waals surface area contributed by atoms with E-state index in [0.29, 0.717) is 17.9 Å². The first-order valence-electron chi connectivity index (χ1n) is 5.83. The molecule has 0 amide bonds. The summed E-state index contributed by atoms with van der Waals surface area (Å²) in [5, 5.41) is 8.39. The molecule has 0 saturated carbocycles. The van der Waals surface area contributed by atoms with Crippen LogP contribution in [0.3, 0.4) is 0 Å². The fourth-order valence-corrected chi connectivity index (χ4v) is 3.54. The lowest BCUT2D eigenvalue weighted by Crippen LogP contribution is -2.04. The van der Waals surface area contributed by atoms with Gasteiger partial charge in [-0.25, -0.2) is 8.42 Å². The van der Waals surface area contributed by atoms with E-state index < -0.39 is 9.05 Å². The summed E-state index contributed by atoms with van der Waals surface area (Å²) in [5.41, 5.74) is 1.91. The van der Waals surface area contributed by atoms with E-state index in [1.54, 1.807) is 29.4 Å². The lowest BCUT2D eigenvalue weighted by atomic mass is 10.3. The summed E-state index contributed by atoms with van der Waals surface area (Å²) in [4.78, 5) is 0.0945. The Balaban J connectivity index is 2.37. The number of halogens is 1. The van der Waals surface area contributed by atoms with E-state index in [1.807, 2.05) is 13.1 Å². The smallest absolute Gasteiger partial charge is 0.264 e. The van der Waals surface area contributed by atoms with Gasteiger partial charge >= 0.3 is 0 Å². The van der Waals surface area contributed by atoms with Crippen molar-refractivity contribution < 1.29 is 8.42 Å². The van der Waals surface area contributed by atoms with E-state index in [2.05, 4.69) is 10.2 Å². The van der Waals surface area contributed by atoms with Crippen LogP contribution < -0.4 is 0 Å². The number of hydrogen-bond acceptors (Lipinski definition) is 4. The summed E-state index contributed by atoms with van der Waals surface area (Å²) in [6.07, 6.45) is 3.65. The summed E-state index contributed by atoms with van der Waals surface area (Å²) in [7, 11) is 1.65. The Morgan fingerprint density at radius 1 is 1.37 bits per heavy atom. The first-order valence-corrected chi connectivity index (χ1v) is 8.14. The highest BCUT2D eigenvalue weighted by Gasteiger charge is 2.22. The monoisotopic (exact) mass is 302 g/mol. The summed E-state index contributed by atoms with van der Waals surface area (Å²) in [6, 6.07) is 0. The van der Waals surface area contributed by atoms with E-state index >= 15 is 0 Å². The maximum absolute atomic E-state index is 11.5. The Bertz CT molecular complexity index is 702. The lowest BCUT2D eigenvalue weighted by molar-refractivity contribution is 0.607. The van der Waals surface area contributed by atoms with Crippen molar-refractivity contribution in [3.8, 4) is 0 Å². The van der Waals surface area contributed by atoms with Crippen LogP contribution in [0.4, 0.5) is 0 Å². The number of aromatic nitrogens is 4. The van der Waals surface area contributed by atoms with E-state index in [9.17, 15) is 8.42 Å². The molecule has 2 aromatic rings. The molecule has 19 heavy (non-hydrogen) atoms. The molecule has 0 fully saturated rings. The van der Waals surface area contributed by atoms with Crippen LogP contribution in [0.2, 0.25) is 0 Å². The van der Waals surface area contributed by atoms with Crippen molar-refractivity contribution in [2.24, 2.45) is 0 Å². The molecule has 0 spiro atoms. The van der Waals surface area contributed by atoms with Gasteiger partial charge in [0.05, 0.1) is 24.1 Å². The van der Waals surface area contributed by atoms with E-state index in [0.717, 1.165) is 12.1 Å². The highest BCUT2D eigenvalue weighted by Crippen LogP contribution is 2.23. The second kappa shape index (κ2) is 4.97. The summed E-state index contributed by atoms with van der Waals surface area (Å²) < 4.78 is 26.4. The Morgan fingerprint density at radius 3 is 2.53 bits per heavy atom. The molecule has 0 N–H and O–H groups in total. The van der Waals surface area contributed by atoms with E-state index in [-0.39, 0.29) is 4.90 Å². The van der Waals surface area contributed by atoms with Crippen LogP contribution in [0.25, 0.3) is 0 Å². The van der Waals surface area contributed by atoms with E-state index in [1.165, 1.54) is 0 Å². The molecular weight excluding hydrogens is 288 g/mol. The van der Waals surface area contributed by atoms with Gasteiger partial charge in [-0.15, -0.1) is 0 Å². The molecule has 2 heterocycles. The maximum atomic E-state index is 11.5. The highest BCUT2D eigenvalue weighted by molar-refractivity contribution is 8.13. The maximum Gasteiger partial charge on any atom is 0.264 e. The average Bonchev–Trinajstić information content (AvgIpc) is 2.84. The van der Waals surface area contributed by atoms with Gasteiger partial charge in [0.2, 0.25) is 0 Å². The third kappa shape index (κ3) is 2.82. The molecule has 0 saturated heterocycles. The van der Waals surface area contributed by atoms with Crippen LogP contribution in [0, 0.1) is 13.8 Å². The topological polar surface area (TPSA) is 69.8 Å². The molecule has 0 aliphatic heterocycles. The predicted molar refractivity (Wildman–Crippen MR) is 71.7 cm³/mol. The molecule has 0 radical (unpaired) electrons. The van der Waals surface area contributed by atoms with Crippen LogP contribution in [-0.2, 0) is 22.1 Å². The van der Waals surface area contributed by atoms with Crippen molar-refractivity contribution in [2.75, 3.05) is 0 Å². The zero-order valence-corrected chi connectivity index (χ0v) is 12.5. The summed E-state index contributed by atoms with van der Waals surface area (Å²) >= 11 is 0. The lowest BCUT2D eigenvalue weighted by Gasteiger charge is -2.02. The normalized spacial score (nSPS) is 12.0. The van der Waals surface area contributed by atoms with Crippen LogP contribution in [0.1, 0.15) is 23.9 Å². The Morgan fingerprint density at radius 2 is 2.05 bits per heavy atom. The Hall–Kier alpha value is -1.34. The molecule has 0 atom stereocenters. The van der Waals surface area contributed by atoms with Gasteiger partial charge in [-0.1, -0.05) is 0 Å². The molecule has 0 bridgehead atoms. The SMILES string of the molecule is CCn1cc(Cn2nc(C)c(S(=O)(=O)Cl)c2C)cn1. The van der Waals surface area contributed by atoms with Crippen molar-refractivity contribution >= 4 is 19.7 Å². The van der Waals surface area contributed by atoms with Gasteiger partial charge in [-0.05, 0) is 20.8 Å². The zero-order chi connectivity index (χ0) is 14.2. The minimum Gasteiger partial charge on any atom is -0.273 e. The predicted octanol–water partition coefficient (Wildman–Crippen LogP) is 1.69. The summed E-state index contributed by atoms with van der Waals surface area (Å²) in [6.45, 7) is 6.59. The van der Waals surface area contributed by atoms with Crippen LogP contribution >= 0.6 is 10.7 Å². The van der Waals surface area contributed by atoms with Crippen LogP contribution in [0.5, 0.6) is 0 Å². The van der Waals surface area contributed by atoms with Crippen molar-refractivity contribution in [3.05, 3.63) is 29.3 Å². The molecule has 0 unspecified atom stereocenters.